The Labute approximate surface area is 160 Å². The molecule has 2 aromatic carbocycles. The van der Waals surface area contributed by atoms with Crippen LogP contribution in [0.1, 0.15) is 5.69 Å². The molecular weight excluding hydrogens is 362 g/mol. The Morgan fingerprint density at radius 1 is 1.00 bits per heavy atom. The number of urea groups is 1. The van der Waals surface area contributed by atoms with Crippen LogP contribution in [0.3, 0.4) is 0 Å². The van der Waals surface area contributed by atoms with E-state index in [1.165, 1.54) is 0 Å². The van der Waals surface area contributed by atoms with Crippen LogP contribution in [0.2, 0.25) is 5.02 Å². The van der Waals surface area contributed by atoms with Crippen LogP contribution in [0.15, 0.2) is 66.7 Å². The number of hydrogen-bond donors (Lipinski definition) is 2. The number of aryl methyl sites for hydroxylation is 1. The highest BCUT2D eigenvalue weighted by atomic mass is 35.5. The molecule has 7 heteroatoms. The maximum atomic E-state index is 12.4. The quantitative estimate of drug-likeness (QED) is 0.526. The van der Waals surface area contributed by atoms with Gasteiger partial charge in [0.05, 0.1) is 11.2 Å². The van der Waals surface area contributed by atoms with Crippen molar-refractivity contribution in [2.45, 2.75) is 6.92 Å². The van der Waals surface area contributed by atoms with E-state index in [0.717, 1.165) is 16.6 Å². The third-order valence-corrected chi connectivity index (χ3v) is 4.19. The van der Waals surface area contributed by atoms with Gasteiger partial charge in [-0.05, 0) is 43.3 Å². The summed E-state index contributed by atoms with van der Waals surface area (Å²) in [4.78, 5) is 17.0. The van der Waals surface area contributed by atoms with E-state index in [1.54, 1.807) is 35.0 Å². The molecule has 0 aliphatic carbocycles. The van der Waals surface area contributed by atoms with Crippen LogP contribution in [0.25, 0.3) is 16.7 Å². The van der Waals surface area contributed by atoms with Crippen LogP contribution in [-0.2, 0) is 0 Å². The number of anilines is 2. The molecule has 2 heterocycles. The summed E-state index contributed by atoms with van der Waals surface area (Å²) in [6.45, 7) is 1.86. The molecule has 0 fully saturated rings. The van der Waals surface area contributed by atoms with Gasteiger partial charge in [0.25, 0.3) is 0 Å². The number of hydrogen-bond acceptors (Lipinski definition) is 3. The number of aromatic nitrogens is 3. The number of carbonyl (C=O) groups is 1. The maximum absolute atomic E-state index is 12.4. The monoisotopic (exact) mass is 377 g/mol. The largest absolute Gasteiger partial charge is 0.324 e. The Bertz CT molecular complexity index is 1140. The van der Waals surface area contributed by atoms with Crippen molar-refractivity contribution < 1.29 is 4.79 Å². The molecule has 0 unspecified atom stereocenters. The Kier molecular flexibility index (Phi) is 4.48. The number of pyridine rings is 1. The van der Waals surface area contributed by atoms with Gasteiger partial charge in [-0.25, -0.2) is 9.78 Å². The minimum Gasteiger partial charge on any atom is -0.308 e. The van der Waals surface area contributed by atoms with Gasteiger partial charge in [0.2, 0.25) is 0 Å². The smallest absolute Gasteiger partial charge is 0.308 e. The molecule has 2 aromatic heterocycles. The fourth-order valence-corrected chi connectivity index (χ4v) is 2.97. The molecule has 27 heavy (non-hydrogen) atoms. The molecule has 0 atom stereocenters. The van der Waals surface area contributed by atoms with Crippen LogP contribution in [0.5, 0.6) is 0 Å². The number of para-hydroxylation sites is 1. The zero-order chi connectivity index (χ0) is 18.8. The minimum atomic E-state index is -0.390. The highest BCUT2D eigenvalue weighted by Gasteiger charge is 2.12. The van der Waals surface area contributed by atoms with Gasteiger partial charge in [-0.2, -0.15) is 9.78 Å². The van der Waals surface area contributed by atoms with Gasteiger partial charge in [0, 0.05) is 22.2 Å². The van der Waals surface area contributed by atoms with Crippen molar-refractivity contribution in [2.24, 2.45) is 0 Å². The second-order valence-electron chi connectivity index (χ2n) is 6.03. The molecule has 0 saturated heterocycles. The average Bonchev–Trinajstić information content (AvgIpc) is 3.01. The first-order valence-electron chi connectivity index (χ1n) is 8.35. The Morgan fingerprint density at radius 3 is 2.70 bits per heavy atom. The van der Waals surface area contributed by atoms with Gasteiger partial charge in [0.15, 0.2) is 5.82 Å². The lowest BCUT2D eigenvalue weighted by atomic mass is 10.2. The lowest BCUT2D eigenvalue weighted by Crippen LogP contribution is -2.21. The highest BCUT2D eigenvalue weighted by Crippen LogP contribution is 2.20. The van der Waals surface area contributed by atoms with Gasteiger partial charge in [-0.15, -0.1) is 0 Å². The van der Waals surface area contributed by atoms with Crippen LogP contribution in [0.4, 0.5) is 16.3 Å². The van der Waals surface area contributed by atoms with Gasteiger partial charge in [0.1, 0.15) is 5.82 Å². The first-order valence-corrected chi connectivity index (χ1v) is 8.73. The van der Waals surface area contributed by atoms with Crippen molar-refractivity contribution in [3.8, 4) is 5.82 Å². The van der Waals surface area contributed by atoms with E-state index < -0.39 is 0 Å². The fraction of sp³-hybridized carbons (Fsp3) is 0.0500. The van der Waals surface area contributed by atoms with Crippen molar-refractivity contribution in [1.29, 1.82) is 0 Å². The van der Waals surface area contributed by atoms with Crippen molar-refractivity contribution in [3.05, 3.63) is 77.4 Å². The second kappa shape index (κ2) is 7.09. The fourth-order valence-electron chi connectivity index (χ4n) is 2.78. The third kappa shape index (κ3) is 3.75. The first kappa shape index (κ1) is 17.1. The van der Waals surface area contributed by atoms with E-state index in [1.807, 2.05) is 43.3 Å². The number of fused-ring (bicyclic) bond motifs is 1. The van der Waals surface area contributed by atoms with Crippen LogP contribution >= 0.6 is 11.6 Å². The maximum Gasteiger partial charge on any atom is 0.324 e. The predicted octanol–water partition coefficient (Wildman–Crippen LogP) is 5.03. The SMILES string of the molecule is Cc1cc(NC(=O)Nc2cccc(Cl)c2)n(-c2ccc3ccccc3n2)n1. The topological polar surface area (TPSA) is 71.8 Å². The van der Waals surface area contributed by atoms with Gasteiger partial charge >= 0.3 is 6.03 Å². The zero-order valence-corrected chi connectivity index (χ0v) is 15.2. The highest BCUT2D eigenvalue weighted by molar-refractivity contribution is 6.30. The van der Waals surface area contributed by atoms with Crippen LogP contribution in [-0.4, -0.2) is 20.8 Å². The van der Waals surface area contributed by atoms with Crippen molar-refractivity contribution in [3.63, 3.8) is 0 Å². The Morgan fingerprint density at radius 2 is 1.85 bits per heavy atom. The van der Waals surface area contributed by atoms with Gasteiger partial charge in [-0.3, -0.25) is 5.32 Å². The van der Waals surface area contributed by atoms with E-state index in [4.69, 9.17) is 11.6 Å². The predicted molar refractivity (Wildman–Crippen MR) is 108 cm³/mol. The van der Waals surface area contributed by atoms with Crippen molar-refractivity contribution >= 4 is 40.0 Å². The summed E-state index contributed by atoms with van der Waals surface area (Å²) in [5.41, 5.74) is 2.23. The molecule has 4 aromatic rings. The van der Waals surface area contributed by atoms with E-state index in [2.05, 4.69) is 20.7 Å². The Balaban J connectivity index is 1.61. The molecule has 0 aliphatic rings. The average molecular weight is 378 g/mol. The summed E-state index contributed by atoms with van der Waals surface area (Å²) in [5.74, 6) is 1.15. The van der Waals surface area contributed by atoms with Crippen molar-refractivity contribution in [1.82, 2.24) is 14.8 Å². The van der Waals surface area contributed by atoms with E-state index in [-0.39, 0.29) is 6.03 Å². The number of benzene rings is 2. The molecule has 0 aliphatic heterocycles. The molecule has 0 saturated carbocycles. The lowest BCUT2D eigenvalue weighted by molar-refractivity contribution is 0.262. The first-order chi connectivity index (χ1) is 13.1. The molecule has 0 bridgehead atoms. The molecule has 4 rings (SSSR count). The summed E-state index contributed by atoms with van der Waals surface area (Å²) >= 11 is 5.95. The summed E-state index contributed by atoms with van der Waals surface area (Å²) < 4.78 is 1.61. The van der Waals surface area contributed by atoms with Crippen LogP contribution < -0.4 is 10.6 Å². The van der Waals surface area contributed by atoms with E-state index >= 15 is 0 Å². The molecule has 0 spiro atoms. The third-order valence-electron chi connectivity index (χ3n) is 3.96. The number of nitrogens with one attached hydrogen (secondary N) is 2. The van der Waals surface area contributed by atoms with E-state index in [0.29, 0.717) is 22.3 Å². The summed E-state index contributed by atoms with van der Waals surface area (Å²) in [7, 11) is 0. The summed E-state index contributed by atoms with van der Waals surface area (Å²) in [5, 5.41) is 11.6. The number of halogens is 1. The zero-order valence-electron chi connectivity index (χ0n) is 14.5. The molecule has 0 radical (unpaired) electrons. The number of rotatable bonds is 3. The molecule has 2 N–H and O–H groups in total. The van der Waals surface area contributed by atoms with Gasteiger partial charge in [-0.1, -0.05) is 35.9 Å². The number of carbonyl (C=O) groups excluding carboxylic acids is 1. The summed E-state index contributed by atoms with van der Waals surface area (Å²) in [6, 6.07) is 20.0. The minimum absolute atomic E-state index is 0.390. The second-order valence-corrected chi connectivity index (χ2v) is 6.47. The van der Waals surface area contributed by atoms with Crippen molar-refractivity contribution in [2.75, 3.05) is 10.6 Å². The normalized spacial score (nSPS) is 10.7. The molecule has 6 nitrogen and oxygen atoms in total. The summed E-state index contributed by atoms with van der Waals surface area (Å²) in [6.07, 6.45) is 0. The molecule has 134 valence electrons. The number of amides is 2. The van der Waals surface area contributed by atoms with Gasteiger partial charge < -0.3 is 5.32 Å². The van der Waals surface area contributed by atoms with Crippen LogP contribution in [0, 0.1) is 6.92 Å². The Hall–Kier alpha value is -3.38. The molecule has 2 amide bonds. The standard InChI is InChI=1S/C20H16ClN5O/c1-13-11-19(24-20(27)22-16-7-4-6-15(21)12-16)26(25-13)18-10-9-14-5-2-3-8-17(14)23-18/h2-12H,1H3,(H2,22,24,27). The number of nitrogens with zero attached hydrogens (tertiary/aromatic N) is 3. The molecular formula is C20H16ClN5O. The lowest BCUT2D eigenvalue weighted by Gasteiger charge is -2.10. The van der Waals surface area contributed by atoms with E-state index in [9.17, 15) is 4.79 Å².